The van der Waals surface area contributed by atoms with Gasteiger partial charge in [0.15, 0.2) is 0 Å². The maximum atomic E-state index is 12.7. The molecule has 0 aliphatic carbocycles. The average molecular weight is 339 g/mol. The third-order valence-electron chi connectivity index (χ3n) is 4.30. The van der Waals surface area contributed by atoms with Gasteiger partial charge in [0.1, 0.15) is 0 Å². The first-order valence-electron chi connectivity index (χ1n) is 8.16. The molecular formula is C19H21N3O3. The maximum Gasteiger partial charge on any atom is 0.409 e. The Morgan fingerprint density at radius 1 is 1.16 bits per heavy atom. The van der Waals surface area contributed by atoms with E-state index in [0.29, 0.717) is 25.1 Å². The number of nitrogens with one attached hydrogen (secondary N) is 1. The Morgan fingerprint density at radius 3 is 2.56 bits per heavy atom. The van der Waals surface area contributed by atoms with Crippen molar-refractivity contribution >= 4 is 17.7 Å². The van der Waals surface area contributed by atoms with Gasteiger partial charge in [-0.3, -0.25) is 9.78 Å². The third-order valence-corrected chi connectivity index (χ3v) is 4.30. The lowest BCUT2D eigenvalue weighted by molar-refractivity contribution is 0.102. The second-order valence-electron chi connectivity index (χ2n) is 6.30. The average Bonchev–Trinajstić information content (AvgIpc) is 2.59. The molecule has 0 bridgehead atoms. The van der Waals surface area contributed by atoms with Gasteiger partial charge in [0, 0.05) is 24.6 Å². The van der Waals surface area contributed by atoms with E-state index in [9.17, 15) is 9.59 Å². The number of hydrogen-bond acceptors (Lipinski definition) is 4. The van der Waals surface area contributed by atoms with Crippen LogP contribution in [0.5, 0.6) is 0 Å². The first-order valence-corrected chi connectivity index (χ1v) is 8.16. The summed E-state index contributed by atoms with van der Waals surface area (Å²) in [5.41, 5.74) is 5.34. The standard InChI is InChI=1S/C19H21N3O3/c1-12-6-13(2)8-15(7-12)21-18(23)17-10-20-9-14-11-22(19(24)25-3)5-4-16(14)17/h6-10H,4-5,11H2,1-3H3,(H,21,23). The SMILES string of the molecule is COC(=O)N1CCc2c(cncc2C(=O)Nc2cc(C)cc(C)c2)C1. The van der Waals surface area contributed by atoms with E-state index in [4.69, 9.17) is 4.74 Å². The number of pyridine rings is 1. The van der Waals surface area contributed by atoms with E-state index in [1.165, 1.54) is 7.11 Å². The van der Waals surface area contributed by atoms with E-state index in [2.05, 4.69) is 16.4 Å². The van der Waals surface area contributed by atoms with Crippen LogP contribution in [0.25, 0.3) is 0 Å². The van der Waals surface area contributed by atoms with Crippen molar-refractivity contribution in [2.24, 2.45) is 0 Å². The quantitative estimate of drug-likeness (QED) is 0.913. The van der Waals surface area contributed by atoms with Crippen LogP contribution in [-0.4, -0.2) is 35.5 Å². The highest BCUT2D eigenvalue weighted by Gasteiger charge is 2.25. The first kappa shape index (κ1) is 17.0. The molecule has 0 radical (unpaired) electrons. The molecule has 1 aliphatic heterocycles. The fraction of sp³-hybridized carbons (Fsp3) is 0.316. The molecule has 6 nitrogen and oxygen atoms in total. The molecule has 6 heteroatoms. The van der Waals surface area contributed by atoms with Crippen LogP contribution in [0.15, 0.2) is 30.6 Å². The van der Waals surface area contributed by atoms with Gasteiger partial charge >= 0.3 is 6.09 Å². The van der Waals surface area contributed by atoms with E-state index < -0.39 is 0 Å². The highest BCUT2D eigenvalue weighted by atomic mass is 16.5. The molecule has 1 aromatic carbocycles. The molecule has 0 spiro atoms. The minimum absolute atomic E-state index is 0.180. The number of hydrogen-bond donors (Lipinski definition) is 1. The van der Waals surface area contributed by atoms with Gasteiger partial charge in [0.2, 0.25) is 0 Å². The molecule has 0 fully saturated rings. The van der Waals surface area contributed by atoms with Gasteiger partial charge in [-0.2, -0.15) is 0 Å². The van der Waals surface area contributed by atoms with Gasteiger partial charge in [0.05, 0.1) is 19.2 Å². The van der Waals surface area contributed by atoms with Crippen molar-refractivity contribution < 1.29 is 14.3 Å². The fourth-order valence-corrected chi connectivity index (χ4v) is 3.22. The zero-order chi connectivity index (χ0) is 18.0. The van der Waals surface area contributed by atoms with E-state index in [1.54, 1.807) is 17.3 Å². The number of rotatable bonds is 2. The molecule has 0 saturated carbocycles. The van der Waals surface area contributed by atoms with E-state index in [0.717, 1.165) is 27.9 Å². The summed E-state index contributed by atoms with van der Waals surface area (Å²) < 4.78 is 4.77. The van der Waals surface area contributed by atoms with Crippen LogP contribution >= 0.6 is 0 Å². The number of amides is 2. The molecular weight excluding hydrogens is 318 g/mol. The number of aryl methyl sites for hydroxylation is 2. The van der Waals surface area contributed by atoms with Crippen LogP contribution in [0.3, 0.4) is 0 Å². The lowest BCUT2D eigenvalue weighted by atomic mass is 9.97. The van der Waals surface area contributed by atoms with E-state index in [1.807, 2.05) is 26.0 Å². The van der Waals surface area contributed by atoms with Crippen LogP contribution < -0.4 is 5.32 Å². The van der Waals surface area contributed by atoms with Crippen molar-refractivity contribution in [3.05, 3.63) is 58.4 Å². The molecule has 2 amide bonds. The van der Waals surface area contributed by atoms with Crippen LogP contribution in [0.1, 0.15) is 32.6 Å². The Bertz CT molecular complexity index is 812. The van der Waals surface area contributed by atoms with Crippen molar-refractivity contribution in [1.29, 1.82) is 0 Å². The molecule has 1 aliphatic rings. The Kier molecular flexibility index (Phi) is 4.70. The van der Waals surface area contributed by atoms with Crippen molar-refractivity contribution in [2.75, 3.05) is 19.0 Å². The number of anilines is 1. The lowest BCUT2D eigenvalue weighted by Gasteiger charge is -2.28. The zero-order valence-corrected chi connectivity index (χ0v) is 14.6. The van der Waals surface area contributed by atoms with Crippen LogP contribution in [0.2, 0.25) is 0 Å². The third kappa shape index (κ3) is 3.63. The Labute approximate surface area is 146 Å². The second-order valence-corrected chi connectivity index (χ2v) is 6.30. The molecule has 0 unspecified atom stereocenters. The summed E-state index contributed by atoms with van der Waals surface area (Å²) in [5.74, 6) is -0.180. The molecule has 1 aromatic heterocycles. The molecule has 0 saturated heterocycles. The van der Waals surface area contributed by atoms with Gasteiger partial charge in [-0.05, 0) is 54.7 Å². The summed E-state index contributed by atoms with van der Waals surface area (Å²) in [6.45, 7) is 4.92. The van der Waals surface area contributed by atoms with Crippen LogP contribution in [0.4, 0.5) is 10.5 Å². The minimum Gasteiger partial charge on any atom is -0.453 e. The highest BCUT2D eigenvalue weighted by molar-refractivity contribution is 6.05. The number of methoxy groups -OCH3 is 1. The van der Waals surface area contributed by atoms with Crippen LogP contribution in [0, 0.1) is 13.8 Å². The second kappa shape index (κ2) is 6.93. The topological polar surface area (TPSA) is 71.5 Å². The summed E-state index contributed by atoms with van der Waals surface area (Å²) in [6.07, 6.45) is 3.53. The molecule has 1 N–H and O–H groups in total. The lowest BCUT2D eigenvalue weighted by Crippen LogP contribution is -2.36. The Balaban J connectivity index is 1.84. The number of aromatic nitrogens is 1. The summed E-state index contributed by atoms with van der Waals surface area (Å²) in [4.78, 5) is 30.2. The minimum atomic E-state index is -0.365. The fourth-order valence-electron chi connectivity index (χ4n) is 3.22. The zero-order valence-electron chi connectivity index (χ0n) is 14.6. The van der Waals surface area contributed by atoms with Gasteiger partial charge in [0.25, 0.3) is 5.91 Å². The highest BCUT2D eigenvalue weighted by Crippen LogP contribution is 2.23. The Morgan fingerprint density at radius 2 is 1.88 bits per heavy atom. The number of fused-ring (bicyclic) bond motifs is 1. The molecule has 2 aromatic rings. The number of carbonyl (C=O) groups is 2. The first-order chi connectivity index (χ1) is 12.0. The summed E-state index contributed by atoms with van der Waals surface area (Å²) >= 11 is 0. The summed E-state index contributed by atoms with van der Waals surface area (Å²) in [7, 11) is 1.36. The number of nitrogens with zero attached hydrogens (tertiary/aromatic N) is 2. The molecule has 3 rings (SSSR count). The van der Waals surface area contributed by atoms with Gasteiger partial charge in [-0.25, -0.2) is 4.79 Å². The van der Waals surface area contributed by atoms with Gasteiger partial charge in [-0.1, -0.05) is 6.07 Å². The summed E-state index contributed by atoms with van der Waals surface area (Å²) in [6, 6.07) is 5.93. The van der Waals surface area contributed by atoms with Gasteiger partial charge < -0.3 is 15.0 Å². The molecule has 2 heterocycles. The predicted molar refractivity (Wildman–Crippen MR) is 94.6 cm³/mol. The number of benzene rings is 1. The normalized spacial score (nSPS) is 13.2. The van der Waals surface area contributed by atoms with E-state index >= 15 is 0 Å². The number of carbonyl (C=O) groups excluding carboxylic acids is 2. The largest absolute Gasteiger partial charge is 0.453 e. The van der Waals surface area contributed by atoms with Gasteiger partial charge in [-0.15, -0.1) is 0 Å². The smallest absolute Gasteiger partial charge is 0.409 e. The maximum absolute atomic E-state index is 12.7. The van der Waals surface area contributed by atoms with E-state index in [-0.39, 0.29) is 12.0 Å². The monoisotopic (exact) mass is 339 g/mol. The molecule has 130 valence electrons. The van der Waals surface area contributed by atoms with Crippen molar-refractivity contribution in [1.82, 2.24) is 9.88 Å². The van der Waals surface area contributed by atoms with Crippen molar-refractivity contribution in [2.45, 2.75) is 26.8 Å². The molecule has 0 atom stereocenters. The molecule has 25 heavy (non-hydrogen) atoms. The summed E-state index contributed by atoms with van der Waals surface area (Å²) in [5, 5.41) is 2.95. The van der Waals surface area contributed by atoms with Crippen LogP contribution in [-0.2, 0) is 17.7 Å². The van der Waals surface area contributed by atoms with Crippen molar-refractivity contribution in [3.63, 3.8) is 0 Å². The Hall–Kier alpha value is -2.89. The number of ether oxygens (including phenoxy) is 1. The van der Waals surface area contributed by atoms with Crippen molar-refractivity contribution in [3.8, 4) is 0 Å². The predicted octanol–water partition coefficient (Wildman–Crippen LogP) is 3.08.